The molecule has 5 nitrogen and oxygen atoms in total. The minimum absolute atomic E-state index is 0.159. The normalized spacial score (nSPS) is 12.1. The van der Waals surface area contributed by atoms with Crippen molar-refractivity contribution in [2.24, 2.45) is 5.92 Å². The van der Waals surface area contributed by atoms with Gasteiger partial charge in [0.25, 0.3) is 0 Å². The molecule has 0 saturated heterocycles. The molecular weight excluding hydrogens is 287 g/mol. The fourth-order valence-electron chi connectivity index (χ4n) is 1.54. The maximum Gasteiger partial charge on any atom is 0.227 e. The molecule has 2 aromatic heterocycles. The van der Waals surface area contributed by atoms with Crippen molar-refractivity contribution >= 4 is 23.2 Å². The van der Waals surface area contributed by atoms with E-state index in [1.165, 1.54) is 6.20 Å². The number of nitrogens with zero attached hydrogens (tertiary/aromatic N) is 4. The van der Waals surface area contributed by atoms with Crippen molar-refractivity contribution in [3.63, 3.8) is 0 Å². The van der Waals surface area contributed by atoms with Gasteiger partial charge in [-0.1, -0.05) is 35.3 Å². The summed E-state index contributed by atoms with van der Waals surface area (Å²) < 4.78 is 5.12. The molecule has 0 aliphatic rings. The predicted molar refractivity (Wildman–Crippen MR) is 70.6 cm³/mol. The Kier molecular flexibility index (Phi) is 4.35. The van der Waals surface area contributed by atoms with E-state index in [-0.39, 0.29) is 5.92 Å². The number of halogens is 2. The Bertz CT molecular complexity index is 620. The molecule has 0 fully saturated rings. The van der Waals surface area contributed by atoms with E-state index in [4.69, 9.17) is 33.0 Å². The zero-order valence-electron chi connectivity index (χ0n) is 10.1. The standard InChI is InChI=1S/C12H10Cl2N4O/c1-7(2-3-15)4-10-17-12(18-19-10)11-9(14)5-8(13)6-16-11/h5-7H,2,4H2,1H3. The van der Waals surface area contributed by atoms with Gasteiger partial charge in [-0.25, -0.2) is 4.98 Å². The Hall–Kier alpha value is -1.64. The first-order chi connectivity index (χ1) is 9.10. The molecule has 0 bridgehead atoms. The van der Waals surface area contributed by atoms with Crippen LogP contribution in [-0.4, -0.2) is 15.1 Å². The first-order valence-corrected chi connectivity index (χ1v) is 6.36. The third kappa shape index (κ3) is 3.43. The highest BCUT2D eigenvalue weighted by molar-refractivity contribution is 6.35. The average molecular weight is 297 g/mol. The van der Waals surface area contributed by atoms with Gasteiger partial charge in [0.15, 0.2) is 0 Å². The molecule has 0 radical (unpaired) electrons. The van der Waals surface area contributed by atoms with Gasteiger partial charge in [-0.05, 0) is 12.0 Å². The highest BCUT2D eigenvalue weighted by Gasteiger charge is 2.15. The van der Waals surface area contributed by atoms with Crippen LogP contribution in [0.1, 0.15) is 19.2 Å². The van der Waals surface area contributed by atoms with Gasteiger partial charge in [-0.2, -0.15) is 10.2 Å². The lowest BCUT2D eigenvalue weighted by Crippen LogP contribution is -1.98. The Morgan fingerprint density at radius 2 is 2.26 bits per heavy atom. The van der Waals surface area contributed by atoms with Gasteiger partial charge in [0.2, 0.25) is 11.7 Å². The number of pyridine rings is 1. The van der Waals surface area contributed by atoms with Crippen LogP contribution < -0.4 is 0 Å². The van der Waals surface area contributed by atoms with Crippen molar-refractivity contribution in [2.45, 2.75) is 19.8 Å². The van der Waals surface area contributed by atoms with Crippen LogP contribution in [-0.2, 0) is 6.42 Å². The van der Waals surface area contributed by atoms with E-state index in [9.17, 15) is 0 Å². The van der Waals surface area contributed by atoms with Gasteiger partial charge < -0.3 is 4.52 Å². The van der Waals surface area contributed by atoms with Crippen molar-refractivity contribution in [2.75, 3.05) is 0 Å². The van der Waals surface area contributed by atoms with Crippen LogP contribution in [0.4, 0.5) is 0 Å². The fraction of sp³-hybridized carbons (Fsp3) is 0.333. The van der Waals surface area contributed by atoms with Crippen LogP contribution in [0.3, 0.4) is 0 Å². The van der Waals surface area contributed by atoms with E-state index in [1.807, 2.05) is 6.92 Å². The lowest BCUT2D eigenvalue weighted by molar-refractivity contribution is 0.359. The monoisotopic (exact) mass is 296 g/mol. The largest absolute Gasteiger partial charge is 0.339 e. The van der Waals surface area contributed by atoms with E-state index in [1.54, 1.807) is 6.07 Å². The van der Waals surface area contributed by atoms with Crippen LogP contribution in [0, 0.1) is 17.2 Å². The smallest absolute Gasteiger partial charge is 0.227 e. The molecule has 0 amide bonds. The highest BCUT2D eigenvalue weighted by atomic mass is 35.5. The Balaban J connectivity index is 2.19. The summed E-state index contributed by atoms with van der Waals surface area (Å²) in [5, 5.41) is 13.2. The van der Waals surface area contributed by atoms with E-state index >= 15 is 0 Å². The van der Waals surface area contributed by atoms with Crippen LogP contribution >= 0.6 is 23.2 Å². The lowest BCUT2D eigenvalue weighted by atomic mass is 10.1. The number of hydrogen-bond donors (Lipinski definition) is 0. The summed E-state index contributed by atoms with van der Waals surface area (Å²) in [5.74, 6) is 0.943. The molecule has 1 atom stereocenters. The third-order valence-electron chi connectivity index (χ3n) is 2.45. The van der Waals surface area contributed by atoms with Crippen molar-refractivity contribution in [1.29, 1.82) is 5.26 Å². The zero-order valence-corrected chi connectivity index (χ0v) is 11.6. The first-order valence-electron chi connectivity index (χ1n) is 5.61. The Morgan fingerprint density at radius 1 is 1.47 bits per heavy atom. The predicted octanol–water partition coefficient (Wildman–Crippen LogP) is 3.53. The molecular formula is C12H10Cl2N4O. The molecule has 1 unspecified atom stereocenters. The van der Waals surface area contributed by atoms with E-state index < -0.39 is 0 Å². The van der Waals surface area contributed by atoms with Gasteiger partial charge in [0.1, 0.15) is 5.69 Å². The molecule has 2 rings (SSSR count). The van der Waals surface area contributed by atoms with Gasteiger partial charge >= 0.3 is 0 Å². The average Bonchev–Trinajstić information content (AvgIpc) is 2.77. The second-order valence-corrected chi connectivity index (χ2v) is 5.01. The van der Waals surface area contributed by atoms with Crippen LogP contribution in [0.2, 0.25) is 10.0 Å². The van der Waals surface area contributed by atoms with Gasteiger partial charge in [0, 0.05) is 19.0 Å². The SMILES string of the molecule is CC(CC#N)Cc1nc(-c2ncc(Cl)cc2Cl)no1. The molecule has 0 saturated carbocycles. The third-order valence-corrected chi connectivity index (χ3v) is 2.95. The van der Waals surface area contributed by atoms with Crippen molar-refractivity contribution in [1.82, 2.24) is 15.1 Å². The fourth-order valence-corrected chi connectivity index (χ4v) is 2.00. The minimum Gasteiger partial charge on any atom is -0.339 e. The molecule has 0 N–H and O–H groups in total. The van der Waals surface area contributed by atoms with Crippen molar-refractivity contribution in [3.8, 4) is 17.6 Å². The molecule has 2 aromatic rings. The number of rotatable bonds is 4. The minimum atomic E-state index is 0.159. The van der Waals surface area contributed by atoms with E-state index in [0.29, 0.717) is 40.3 Å². The molecule has 0 aliphatic carbocycles. The molecule has 0 aromatic carbocycles. The van der Waals surface area contributed by atoms with Crippen molar-refractivity contribution in [3.05, 3.63) is 28.2 Å². The van der Waals surface area contributed by atoms with Gasteiger partial charge in [0.05, 0.1) is 16.1 Å². The van der Waals surface area contributed by atoms with E-state index in [0.717, 1.165) is 0 Å². The maximum absolute atomic E-state index is 8.60. The Morgan fingerprint density at radius 3 is 2.95 bits per heavy atom. The zero-order chi connectivity index (χ0) is 13.8. The Labute approximate surface area is 120 Å². The van der Waals surface area contributed by atoms with Gasteiger partial charge in [-0.3, -0.25) is 0 Å². The van der Waals surface area contributed by atoms with Gasteiger partial charge in [-0.15, -0.1) is 0 Å². The lowest BCUT2D eigenvalue weighted by Gasteiger charge is -2.00. The summed E-state index contributed by atoms with van der Waals surface area (Å²) in [6.07, 6.45) is 2.46. The molecule has 0 aliphatic heterocycles. The highest BCUT2D eigenvalue weighted by Crippen LogP contribution is 2.26. The summed E-state index contributed by atoms with van der Waals surface area (Å²) in [5.41, 5.74) is 0.425. The summed E-state index contributed by atoms with van der Waals surface area (Å²) >= 11 is 11.8. The van der Waals surface area contributed by atoms with Crippen LogP contribution in [0.15, 0.2) is 16.8 Å². The molecule has 2 heterocycles. The van der Waals surface area contributed by atoms with Crippen LogP contribution in [0.25, 0.3) is 11.5 Å². The quantitative estimate of drug-likeness (QED) is 0.862. The summed E-state index contributed by atoms with van der Waals surface area (Å²) in [7, 11) is 0. The molecule has 19 heavy (non-hydrogen) atoms. The first kappa shape index (κ1) is 13.8. The maximum atomic E-state index is 8.60. The van der Waals surface area contributed by atoms with Crippen LogP contribution in [0.5, 0.6) is 0 Å². The summed E-state index contributed by atoms with van der Waals surface area (Å²) in [6.45, 7) is 1.95. The summed E-state index contributed by atoms with van der Waals surface area (Å²) in [6, 6.07) is 3.67. The number of nitriles is 1. The van der Waals surface area contributed by atoms with E-state index in [2.05, 4.69) is 21.2 Å². The summed E-state index contributed by atoms with van der Waals surface area (Å²) in [4.78, 5) is 8.29. The molecule has 98 valence electrons. The second kappa shape index (κ2) is 6.00. The second-order valence-electron chi connectivity index (χ2n) is 4.17. The molecule has 7 heteroatoms. The number of hydrogen-bond acceptors (Lipinski definition) is 5. The van der Waals surface area contributed by atoms with Crippen molar-refractivity contribution < 1.29 is 4.52 Å². The number of aromatic nitrogens is 3. The topological polar surface area (TPSA) is 75.6 Å². The molecule has 0 spiro atoms.